The smallest absolute Gasteiger partial charge is 0.343 e. The molecule has 0 radical (unpaired) electrons. The molecule has 3 rings (SSSR count). The van der Waals surface area contributed by atoms with E-state index in [0.717, 1.165) is 12.2 Å². The zero-order valence-electron chi connectivity index (χ0n) is 12.2. The Morgan fingerprint density at radius 1 is 1.43 bits per heavy atom. The van der Waals surface area contributed by atoms with Gasteiger partial charge in [-0.15, -0.1) is 0 Å². The van der Waals surface area contributed by atoms with E-state index in [1.165, 1.54) is 5.56 Å². The minimum absolute atomic E-state index is 0.179. The Labute approximate surface area is 123 Å². The minimum Gasteiger partial charge on any atom is -0.462 e. The molecule has 2 atom stereocenters. The van der Waals surface area contributed by atoms with Gasteiger partial charge in [-0.2, -0.15) is 5.10 Å². The fourth-order valence-electron chi connectivity index (χ4n) is 2.77. The van der Waals surface area contributed by atoms with Crippen LogP contribution < -0.4 is 5.32 Å². The SMILES string of the molecule is CCOC(=O)c1cnn2c1NC(c1ccccc1)CC2C. The summed E-state index contributed by atoms with van der Waals surface area (Å²) < 4.78 is 6.96. The number of esters is 1. The lowest BCUT2D eigenvalue weighted by Crippen LogP contribution is -2.26. The second-order valence-electron chi connectivity index (χ2n) is 5.26. The second-order valence-corrected chi connectivity index (χ2v) is 5.26. The predicted molar refractivity (Wildman–Crippen MR) is 80.3 cm³/mol. The number of carbonyl (C=O) groups is 1. The van der Waals surface area contributed by atoms with E-state index in [-0.39, 0.29) is 18.1 Å². The van der Waals surface area contributed by atoms with Gasteiger partial charge in [0.25, 0.3) is 0 Å². The molecule has 5 nitrogen and oxygen atoms in total. The lowest BCUT2D eigenvalue weighted by atomic mass is 9.98. The third-order valence-electron chi connectivity index (χ3n) is 3.80. The fourth-order valence-corrected chi connectivity index (χ4v) is 2.77. The van der Waals surface area contributed by atoms with Crippen LogP contribution >= 0.6 is 0 Å². The second kappa shape index (κ2) is 5.60. The highest BCUT2D eigenvalue weighted by Gasteiger charge is 2.29. The molecule has 1 aromatic heterocycles. The van der Waals surface area contributed by atoms with Crippen molar-refractivity contribution < 1.29 is 9.53 Å². The van der Waals surface area contributed by atoms with Crippen LogP contribution in [-0.4, -0.2) is 22.4 Å². The van der Waals surface area contributed by atoms with Gasteiger partial charge >= 0.3 is 5.97 Å². The molecule has 21 heavy (non-hydrogen) atoms. The fraction of sp³-hybridized carbons (Fsp3) is 0.375. The summed E-state index contributed by atoms with van der Waals surface area (Å²) in [6.07, 6.45) is 2.52. The largest absolute Gasteiger partial charge is 0.462 e. The number of ether oxygens (including phenoxy) is 1. The van der Waals surface area contributed by atoms with E-state index < -0.39 is 0 Å². The molecule has 0 bridgehead atoms. The van der Waals surface area contributed by atoms with Crippen molar-refractivity contribution in [3.63, 3.8) is 0 Å². The molecular weight excluding hydrogens is 266 g/mol. The number of hydrogen-bond acceptors (Lipinski definition) is 4. The first kappa shape index (κ1) is 13.7. The van der Waals surface area contributed by atoms with Crippen molar-refractivity contribution in [2.45, 2.75) is 32.4 Å². The standard InChI is InChI=1S/C16H19N3O2/c1-3-21-16(20)13-10-17-19-11(2)9-14(18-15(13)19)12-7-5-4-6-8-12/h4-8,10-11,14,18H,3,9H2,1-2H3. The van der Waals surface area contributed by atoms with Crippen LogP contribution in [0.4, 0.5) is 5.82 Å². The van der Waals surface area contributed by atoms with Crippen LogP contribution in [-0.2, 0) is 4.74 Å². The van der Waals surface area contributed by atoms with Gasteiger partial charge in [-0.1, -0.05) is 30.3 Å². The van der Waals surface area contributed by atoms with Gasteiger partial charge < -0.3 is 10.1 Å². The first-order chi connectivity index (χ1) is 10.2. The summed E-state index contributed by atoms with van der Waals surface area (Å²) in [6.45, 7) is 4.28. The van der Waals surface area contributed by atoms with E-state index >= 15 is 0 Å². The predicted octanol–water partition coefficient (Wildman–Crippen LogP) is 3.18. The summed E-state index contributed by atoms with van der Waals surface area (Å²) >= 11 is 0. The zero-order valence-corrected chi connectivity index (χ0v) is 12.2. The average Bonchev–Trinajstić information content (AvgIpc) is 2.93. The lowest BCUT2D eigenvalue weighted by molar-refractivity contribution is 0.0527. The number of hydrogen-bond donors (Lipinski definition) is 1. The van der Waals surface area contributed by atoms with Crippen molar-refractivity contribution >= 4 is 11.8 Å². The van der Waals surface area contributed by atoms with Crippen molar-refractivity contribution in [2.75, 3.05) is 11.9 Å². The summed E-state index contributed by atoms with van der Waals surface area (Å²) in [7, 11) is 0. The van der Waals surface area contributed by atoms with Crippen LogP contribution in [0.1, 0.15) is 48.3 Å². The highest BCUT2D eigenvalue weighted by atomic mass is 16.5. The molecule has 5 heteroatoms. The Morgan fingerprint density at radius 2 is 2.19 bits per heavy atom. The molecule has 1 aliphatic heterocycles. The van der Waals surface area contributed by atoms with Gasteiger partial charge in [-0.25, -0.2) is 9.48 Å². The van der Waals surface area contributed by atoms with E-state index in [4.69, 9.17) is 4.74 Å². The van der Waals surface area contributed by atoms with Crippen LogP contribution in [0.2, 0.25) is 0 Å². The molecule has 2 aromatic rings. The third kappa shape index (κ3) is 2.51. The molecule has 2 unspecified atom stereocenters. The molecule has 0 aliphatic carbocycles. The van der Waals surface area contributed by atoms with E-state index in [1.54, 1.807) is 13.1 Å². The Morgan fingerprint density at radius 3 is 2.90 bits per heavy atom. The number of anilines is 1. The molecular formula is C16H19N3O2. The van der Waals surface area contributed by atoms with E-state index in [0.29, 0.717) is 12.2 Å². The van der Waals surface area contributed by atoms with E-state index in [2.05, 4.69) is 29.5 Å². The summed E-state index contributed by atoms with van der Waals surface area (Å²) in [6, 6.07) is 10.7. The van der Waals surface area contributed by atoms with Crippen LogP contribution in [0.15, 0.2) is 36.5 Å². The Bertz CT molecular complexity index is 636. The molecule has 0 fully saturated rings. The van der Waals surface area contributed by atoms with Gasteiger partial charge in [-0.3, -0.25) is 0 Å². The maximum atomic E-state index is 12.0. The van der Waals surface area contributed by atoms with E-state index in [1.807, 2.05) is 22.9 Å². The number of nitrogens with zero attached hydrogens (tertiary/aromatic N) is 2. The average molecular weight is 285 g/mol. The number of fused-ring (bicyclic) bond motifs is 1. The first-order valence-electron chi connectivity index (χ1n) is 7.26. The van der Waals surface area contributed by atoms with Crippen molar-refractivity contribution in [3.8, 4) is 0 Å². The van der Waals surface area contributed by atoms with Crippen LogP contribution in [0.5, 0.6) is 0 Å². The minimum atomic E-state index is -0.327. The molecule has 110 valence electrons. The number of nitrogens with one attached hydrogen (secondary N) is 1. The number of rotatable bonds is 3. The van der Waals surface area contributed by atoms with Gasteiger partial charge in [0.05, 0.1) is 24.9 Å². The van der Waals surface area contributed by atoms with Crippen molar-refractivity contribution in [3.05, 3.63) is 47.7 Å². The summed E-state index contributed by atoms with van der Waals surface area (Å²) in [4.78, 5) is 12.0. The maximum Gasteiger partial charge on any atom is 0.343 e. The quantitative estimate of drug-likeness (QED) is 0.880. The van der Waals surface area contributed by atoms with Gasteiger partial charge in [0.1, 0.15) is 11.4 Å². The monoisotopic (exact) mass is 285 g/mol. The Kier molecular flexibility index (Phi) is 3.64. The molecule has 1 aromatic carbocycles. The van der Waals surface area contributed by atoms with Gasteiger partial charge in [0.15, 0.2) is 0 Å². The highest BCUT2D eigenvalue weighted by Crippen LogP contribution is 2.36. The topological polar surface area (TPSA) is 56.1 Å². The molecule has 1 aliphatic rings. The number of carbonyl (C=O) groups excluding carboxylic acids is 1. The molecule has 0 saturated carbocycles. The summed E-state index contributed by atoms with van der Waals surface area (Å²) in [5, 5.41) is 7.75. The van der Waals surface area contributed by atoms with Crippen LogP contribution in [0.3, 0.4) is 0 Å². The number of benzene rings is 1. The van der Waals surface area contributed by atoms with Gasteiger partial charge in [0.2, 0.25) is 0 Å². The van der Waals surface area contributed by atoms with Gasteiger partial charge in [-0.05, 0) is 25.8 Å². The number of aromatic nitrogens is 2. The van der Waals surface area contributed by atoms with Crippen LogP contribution in [0, 0.1) is 0 Å². The summed E-state index contributed by atoms with van der Waals surface area (Å²) in [5.74, 6) is 0.424. The first-order valence-corrected chi connectivity index (χ1v) is 7.26. The third-order valence-corrected chi connectivity index (χ3v) is 3.80. The Balaban J connectivity index is 1.93. The molecule has 0 amide bonds. The van der Waals surface area contributed by atoms with E-state index in [9.17, 15) is 4.79 Å². The highest BCUT2D eigenvalue weighted by molar-refractivity contribution is 5.94. The van der Waals surface area contributed by atoms with Crippen molar-refractivity contribution in [2.24, 2.45) is 0 Å². The maximum absolute atomic E-state index is 12.0. The van der Waals surface area contributed by atoms with Gasteiger partial charge in [0, 0.05) is 0 Å². The summed E-state index contributed by atoms with van der Waals surface area (Å²) in [5.41, 5.74) is 1.72. The van der Waals surface area contributed by atoms with Crippen molar-refractivity contribution in [1.29, 1.82) is 0 Å². The molecule has 1 N–H and O–H groups in total. The van der Waals surface area contributed by atoms with Crippen molar-refractivity contribution in [1.82, 2.24) is 9.78 Å². The molecule has 0 saturated heterocycles. The Hall–Kier alpha value is -2.30. The molecule has 2 heterocycles. The normalized spacial score (nSPS) is 20.5. The zero-order chi connectivity index (χ0) is 14.8. The lowest BCUT2D eigenvalue weighted by Gasteiger charge is -2.31. The molecule has 0 spiro atoms. The van der Waals surface area contributed by atoms with Crippen LogP contribution in [0.25, 0.3) is 0 Å².